The van der Waals surface area contributed by atoms with Gasteiger partial charge in [-0.15, -0.1) is 0 Å². The van der Waals surface area contributed by atoms with Gasteiger partial charge < -0.3 is 10.0 Å². The number of benzene rings is 2. The fraction of sp³-hybridized carbons (Fsp3) is 0.300. The monoisotopic (exact) mass is 389 g/mol. The van der Waals surface area contributed by atoms with Gasteiger partial charge in [-0.1, -0.05) is 17.7 Å². The van der Waals surface area contributed by atoms with Gasteiger partial charge in [0.15, 0.2) is 5.82 Å². The molecule has 140 valence electrons. The minimum absolute atomic E-state index is 0.00103. The van der Waals surface area contributed by atoms with Gasteiger partial charge in [0, 0.05) is 23.5 Å². The summed E-state index contributed by atoms with van der Waals surface area (Å²) in [6, 6.07) is 5.61. The maximum Gasteiger partial charge on any atom is 0.159 e. The van der Waals surface area contributed by atoms with Crippen molar-refractivity contribution in [2.45, 2.75) is 32.2 Å². The number of halogens is 3. The van der Waals surface area contributed by atoms with Crippen LogP contribution in [-0.4, -0.2) is 27.7 Å². The molecule has 3 aromatic rings. The molecular formula is C20H18ClF2N3O. The summed E-state index contributed by atoms with van der Waals surface area (Å²) in [6.07, 6.45) is 4.52. The summed E-state index contributed by atoms with van der Waals surface area (Å²) in [7, 11) is 0. The van der Waals surface area contributed by atoms with Crippen molar-refractivity contribution in [2.75, 3.05) is 11.4 Å². The molecule has 0 spiro atoms. The molecule has 0 radical (unpaired) electrons. The molecule has 0 amide bonds. The molecule has 1 fully saturated rings. The Labute approximate surface area is 160 Å². The van der Waals surface area contributed by atoms with Crippen LogP contribution in [0.2, 0.25) is 5.02 Å². The quantitative estimate of drug-likeness (QED) is 0.645. The summed E-state index contributed by atoms with van der Waals surface area (Å²) in [4.78, 5) is 10.6. The van der Waals surface area contributed by atoms with Crippen LogP contribution in [0.15, 0.2) is 30.6 Å². The van der Waals surface area contributed by atoms with Gasteiger partial charge in [0.1, 0.15) is 29.2 Å². The lowest BCUT2D eigenvalue weighted by Gasteiger charge is -2.35. The zero-order valence-corrected chi connectivity index (χ0v) is 15.5. The van der Waals surface area contributed by atoms with Crippen LogP contribution in [0, 0.1) is 11.6 Å². The van der Waals surface area contributed by atoms with E-state index in [0.717, 1.165) is 31.9 Å². The second-order valence-electron chi connectivity index (χ2n) is 6.81. The summed E-state index contributed by atoms with van der Waals surface area (Å²) in [5, 5.41) is 10.5. The Kier molecular flexibility index (Phi) is 4.60. The molecular weight excluding hydrogens is 372 g/mol. The van der Waals surface area contributed by atoms with Gasteiger partial charge in [0.25, 0.3) is 0 Å². The lowest BCUT2D eigenvalue weighted by molar-refractivity contribution is 0.471. The molecule has 1 aliphatic heterocycles. The Hall–Kier alpha value is -2.47. The second kappa shape index (κ2) is 6.93. The van der Waals surface area contributed by atoms with E-state index in [1.165, 1.54) is 18.5 Å². The molecule has 27 heavy (non-hydrogen) atoms. The van der Waals surface area contributed by atoms with Gasteiger partial charge in [-0.2, -0.15) is 0 Å². The number of rotatable bonds is 2. The maximum absolute atomic E-state index is 15.3. The predicted molar refractivity (Wildman–Crippen MR) is 102 cm³/mol. The number of nitrogens with zero attached hydrogens (tertiary/aromatic N) is 3. The predicted octanol–water partition coefficient (Wildman–Crippen LogP) is 5.31. The average Bonchev–Trinajstić information content (AvgIpc) is 2.64. The van der Waals surface area contributed by atoms with Crippen LogP contribution in [0.5, 0.6) is 5.75 Å². The van der Waals surface area contributed by atoms with Crippen LogP contribution in [0.25, 0.3) is 22.0 Å². The van der Waals surface area contributed by atoms with E-state index >= 15 is 4.39 Å². The van der Waals surface area contributed by atoms with Crippen molar-refractivity contribution in [3.05, 3.63) is 47.2 Å². The van der Waals surface area contributed by atoms with E-state index in [2.05, 4.69) is 21.8 Å². The lowest BCUT2D eigenvalue weighted by atomic mass is 9.99. The second-order valence-corrected chi connectivity index (χ2v) is 7.22. The van der Waals surface area contributed by atoms with Crippen molar-refractivity contribution >= 4 is 28.3 Å². The Balaban J connectivity index is 1.96. The lowest BCUT2D eigenvalue weighted by Crippen LogP contribution is -2.38. The molecule has 0 aliphatic carbocycles. The van der Waals surface area contributed by atoms with Crippen LogP contribution in [0.4, 0.5) is 14.6 Å². The molecule has 0 unspecified atom stereocenters. The molecule has 7 heteroatoms. The number of hydrogen-bond acceptors (Lipinski definition) is 4. The third kappa shape index (κ3) is 2.98. The van der Waals surface area contributed by atoms with Crippen molar-refractivity contribution in [3.8, 4) is 16.9 Å². The van der Waals surface area contributed by atoms with Gasteiger partial charge in [-0.05, 0) is 44.4 Å². The smallest absolute Gasteiger partial charge is 0.159 e. The normalized spacial score (nSPS) is 17.5. The molecule has 0 bridgehead atoms. The first-order valence-corrected chi connectivity index (χ1v) is 9.24. The van der Waals surface area contributed by atoms with Gasteiger partial charge in [0.05, 0.1) is 10.6 Å². The van der Waals surface area contributed by atoms with Crippen LogP contribution >= 0.6 is 11.6 Å². The molecule has 1 aromatic heterocycles. The fourth-order valence-corrected chi connectivity index (χ4v) is 4.03. The van der Waals surface area contributed by atoms with Gasteiger partial charge in [-0.25, -0.2) is 18.7 Å². The number of hydrogen-bond donors (Lipinski definition) is 1. The SMILES string of the molecule is C[C@@H]1CCCCN1c1ncnc2c(F)c(-c3c(O)cccc3F)c(Cl)cc12. The van der Waals surface area contributed by atoms with Gasteiger partial charge in [0.2, 0.25) is 0 Å². The molecule has 2 heterocycles. The fourth-order valence-electron chi connectivity index (χ4n) is 3.75. The van der Waals surface area contributed by atoms with E-state index in [0.29, 0.717) is 11.2 Å². The Morgan fingerprint density at radius 3 is 2.74 bits per heavy atom. The molecule has 0 saturated carbocycles. The number of phenolic OH excluding ortho intramolecular Hbond substituents is 1. The highest BCUT2D eigenvalue weighted by atomic mass is 35.5. The molecule has 4 nitrogen and oxygen atoms in total. The summed E-state index contributed by atoms with van der Waals surface area (Å²) in [5.41, 5.74) is -0.413. The van der Waals surface area contributed by atoms with Crippen molar-refractivity contribution < 1.29 is 13.9 Å². The maximum atomic E-state index is 15.3. The van der Waals surface area contributed by atoms with E-state index in [4.69, 9.17) is 11.6 Å². The minimum atomic E-state index is -0.772. The molecule has 1 saturated heterocycles. The molecule has 4 rings (SSSR count). The number of aromatic nitrogens is 2. The third-order valence-electron chi connectivity index (χ3n) is 5.12. The molecule has 1 N–H and O–H groups in total. The van der Waals surface area contributed by atoms with Gasteiger partial charge >= 0.3 is 0 Å². The van der Waals surface area contributed by atoms with Crippen LogP contribution in [-0.2, 0) is 0 Å². The number of aromatic hydroxyl groups is 1. The topological polar surface area (TPSA) is 49.2 Å². The highest BCUT2D eigenvalue weighted by Gasteiger charge is 2.26. The van der Waals surface area contributed by atoms with E-state index in [-0.39, 0.29) is 33.5 Å². The standard InChI is InChI=1S/C20H18ClF2N3O/c1-11-5-2-3-8-26(11)20-12-9-13(21)16(18(23)19(12)24-10-25-20)17-14(22)6-4-7-15(17)27/h4,6-7,9-11,27H,2-3,5,8H2,1H3/t11-/m1/s1. The number of fused-ring (bicyclic) bond motifs is 1. The summed E-state index contributed by atoms with van der Waals surface area (Å²) in [5.74, 6) is -1.29. The third-order valence-corrected chi connectivity index (χ3v) is 5.41. The van der Waals surface area contributed by atoms with E-state index < -0.39 is 11.6 Å². The van der Waals surface area contributed by atoms with Crippen molar-refractivity contribution in [3.63, 3.8) is 0 Å². The van der Waals surface area contributed by atoms with Crippen LogP contribution < -0.4 is 4.90 Å². The highest BCUT2D eigenvalue weighted by Crippen LogP contribution is 2.42. The molecule has 2 aromatic carbocycles. The van der Waals surface area contributed by atoms with Crippen molar-refractivity contribution in [1.29, 1.82) is 0 Å². The zero-order valence-electron chi connectivity index (χ0n) is 14.7. The number of anilines is 1. The molecule has 1 aliphatic rings. The van der Waals surface area contributed by atoms with E-state index in [1.54, 1.807) is 6.07 Å². The minimum Gasteiger partial charge on any atom is -0.507 e. The Bertz CT molecular complexity index is 1010. The largest absolute Gasteiger partial charge is 0.507 e. The van der Waals surface area contributed by atoms with Crippen molar-refractivity contribution in [1.82, 2.24) is 9.97 Å². The zero-order chi connectivity index (χ0) is 19.1. The summed E-state index contributed by atoms with van der Waals surface area (Å²) >= 11 is 6.34. The van der Waals surface area contributed by atoms with E-state index in [1.807, 2.05) is 0 Å². The molecule has 1 atom stereocenters. The average molecular weight is 390 g/mol. The van der Waals surface area contributed by atoms with E-state index in [9.17, 15) is 9.50 Å². The summed E-state index contributed by atoms with van der Waals surface area (Å²) < 4.78 is 29.6. The first kappa shape index (κ1) is 17.9. The van der Waals surface area contributed by atoms with Crippen LogP contribution in [0.1, 0.15) is 26.2 Å². The highest BCUT2D eigenvalue weighted by molar-refractivity contribution is 6.34. The van der Waals surface area contributed by atoms with Crippen LogP contribution in [0.3, 0.4) is 0 Å². The van der Waals surface area contributed by atoms with Crippen molar-refractivity contribution in [2.24, 2.45) is 0 Å². The number of piperidine rings is 1. The Morgan fingerprint density at radius 2 is 2.00 bits per heavy atom. The Morgan fingerprint density at radius 1 is 1.19 bits per heavy atom. The first-order valence-electron chi connectivity index (χ1n) is 8.86. The first-order chi connectivity index (χ1) is 13.0. The van der Waals surface area contributed by atoms with Gasteiger partial charge in [-0.3, -0.25) is 0 Å². The number of phenols is 1. The summed E-state index contributed by atoms with van der Waals surface area (Å²) in [6.45, 7) is 2.93.